The van der Waals surface area contributed by atoms with Crippen LogP contribution in [0.25, 0.3) is 0 Å². The Morgan fingerprint density at radius 2 is 0.489 bits per heavy atom. The first-order chi connectivity index (χ1) is 45.5. The molecule has 0 aliphatic heterocycles. The zero-order valence-corrected chi connectivity index (χ0v) is 62.9. The number of ether oxygens (including phenoxy) is 4. The SMILES string of the molecule is CCCCCCCCCCCCCCCCCCCCCC(=O)O[C@H](COC(=O)CCCCCCCCCCCCCCCC(C)C)COP(=O)(O)OC[C@@H](O)COP(=O)(O)OC[C@@H](COC(=O)CCCCCCCCCCC)OC(=O)CCCCCCCCCCCC. The number of rotatable bonds is 75. The van der Waals surface area contributed by atoms with Crippen LogP contribution in [0.3, 0.4) is 0 Å². The molecule has 0 rings (SSSR count). The Morgan fingerprint density at radius 1 is 0.287 bits per heavy atom. The molecule has 0 aromatic heterocycles. The monoisotopic (exact) mass is 1380 g/mol. The van der Waals surface area contributed by atoms with Gasteiger partial charge in [-0.15, -0.1) is 0 Å². The summed E-state index contributed by atoms with van der Waals surface area (Å²) in [6, 6.07) is 0. The number of hydrogen-bond acceptors (Lipinski definition) is 15. The summed E-state index contributed by atoms with van der Waals surface area (Å²) < 4.78 is 68.4. The topological polar surface area (TPSA) is 237 Å². The van der Waals surface area contributed by atoms with E-state index < -0.39 is 97.5 Å². The summed E-state index contributed by atoms with van der Waals surface area (Å²) in [6.45, 7) is 7.28. The molecule has 0 heterocycles. The molecule has 94 heavy (non-hydrogen) atoms. The number of carbonyl (C=O) groups excluding carboxylic acids is 4. The Kier molecular flexibility index (Phi) is 66.8. The van der Waals surface area contributed by atoms with E-state index in [0.717, 1.165) is 95.8 Å². The van der Waals surface area contributed by atoms with Crippen molar-refractivity contribution in [2.24, 2.45) is 5.92 Å². The summed E-state index contributed by atoms with van der Waals surface area (Å²) in [5.41, 5.74) is 0. The highest BCUT2D eigenvalue weighted by molar-refractivity contribution is 7.47. The van der Waals surface area contributed by atoms with Crippen LogP contribution in [0.5, 0.6) is 0 Å². The van der Waals surface area contributed by atoms with Gasteiger partial charge in [0.15, 0.2) is 12.2 Å². The van der Waals surface area contributed by atoms with Gasteiger partial charge in [0, 0.05) is 25.7 Å². The molecule has 3 N–H and O–H groups in total. The molecular formula is C75H146O17P2. The second-order valence-electron chi connectivity index (χ2n) is 27.5. The normalized spacial score (nSPS) is 14.0. The van der Waals surface area contributed by atoms with Crippen molar-refractivity contribution in [2.45, 2.75) is 412 Å². The lowest BCUT2D eigenvalue weighted by molar-refractivity contribution is -0.161. The molecule has 0 spiro atoms. The van der Waals surface area contributed by atoms with Gasteiger partial charge in [-0.3, -0.25) is 37.3 Å². The zero-order chi connectivity index (χ0) is 69.1. The Hall–Kier alpha value is -1.94. The molecule has 0 amide bonds. The van der Waals surface area contributed by atoms with Gasteiger partial charge >= 0.3 is 39.5 Å². The number of carbonyl (C=O) groups is 4. The summed E-state index contributed by atoms with van der Waals surface area (Å²) in [4.78, 5) is 72.7. The summed E-state index contributed by atoms with van der Waals surface area (Å²) >= 11 is 0. The van der Waals surface area contributed by atoms with Crippen molar-refractivity contribution < 1.29 is 80.2 Å². The largest absolute Gasteiger partial charge is 0.472 e. The number of unbranched alkanes of at least 4 members (excludes halogenated alkanes) is 47. The Labute approximate surface area is 575 Å². The molecule has 0 aromatic rings. The van der Waals surface area contributed by atoms with Gasteiger partial charge in [-0.1, -0.05) is 343 Å². The lowest BCUT2D eigenvalue weighted by Gasteiger charge is -2.21. The van der Waals surface area contributed by atoms with Crippen molar-refractivity contribution in [3.63, 3.8) is 0 Å². The van der Waals surface area contributed by atoms with Crippen LogP contribution in [-0.2, 0) is 65.4 Å². The van der Waals surface area contributed by atoms with Crippen LogP contribution in [0.1, 0.15) is 394 Å². The van der Waals surface area contributed by atoms with E-state index in [2.05, 4.69) is 34.6 Å². The van der Waals surface area contributed by atoms with Crippen LogP contribution in [0, 0.1) is 5.92 Å². The van der Waals surface area contributed by atoms with Gasteiger partial charge in [-0.2, -0.15) is 0 Å². The molecule has 0 saturated carbocycles. The number of hydrogen-bond donors (Lipinski definition) is 3. The molecule has 5 atom stereocenters. The van der Waals surface area contributed by atoms with Crippen LogP contribution in [0.2, 0.25) is 0 Å². The molecule has 0 aliphatic rings. The maximum atomic E-state index is 13.1. The maximum absolute atomic E-state index is 13.1. The highest BCUT2D eigenvalue weighted by Crippen LogP contribution is 2.45. The Balaban J connectivity index is 5.20. The minimum Gasteiger partial charge on any atom is -0.462 e. The summed E-state index contributed by atoms with van der Waals surface area (Å²) in [6.07, 6.45) is 56.9. The Morgan fingerprint density at radius 3 is 0.723 bits per heavy atom. The zero-order valence-electron chi connectivity index (χ0n) is 61.1. The van der Waals surface area contributed by atoms with E-state index in [1.165, 1.54) is 218 Å². The van der Waals surface area contributed by atoms with E-state index in [4.69, 9.17) is 37.0 Å². The third-order valence-corrected chi connectivity index (χ3v) is 19.4. The number of phosphoric acid groups is 2. The van der Waals surface area contributed by atoms with Gasteiger partial charge in [0.25, 0.3) is 0 Å². The second kappa shape index (κ2) is 68.2. The molecule has 17 nitrogen and oxygen atoms in total. The number of phosphoric ester groups is 2. The predicted octanol–water partition coefficient (Wildman–Crippen LogP) is 22.1. The summed E-state index contributed by atoms with van der Waals surface area (Å²) in [5.74, 6) is -1.33. The van der Waals surface area contributed by atoms with E-state index >= 15 is 0 Å². The molecule has 0 fully saturated rings. The van der Waals surface area contributed by atoms with Crippen LogP contribution in [-0.4, -0.2) is 96.7 Å². The first-order valence-corrected chi connectivity index (χ1v) is 42.1. The van der Waals surface area contributed by atoms with Crippen LogP contribution in [0.4, 0.5) is 0 Å². The highest BCUT2D eigenvalue weighted by Gasteiger charge is 2.30. The lowest BCUT2D eigenvalue weighted by Crippen LogP contribution is -2.30. The molecule has 19 heteroatoms. The lowest BCUT2D eigenvalue weighted by atomic mass is 10.0. The predicted molar refractivity (Wildman–Crippen MR) is 382 cm³/mol. The molecule has 0 radical (unpaired) electrons. The molecule has 0 aliphatic carbocycles. The van der Waals surface area contributed by atoms with Gasteiger partial charge in [-0.05, 0) is 31.6 Å². The van der Waals surface area contributed by atoms with E-state index in [1.54, 1.807) is 0 Å². The third-order valence-electron chi connectivity index (χ3n) is 17.5. The van der Waals surface area contributed by atoms with Crippen molar-refractivity contribution in [3.05, 3.63) is 0 Å². The van der Waals surface area contributed by atoms with Crippen molar-refractivity contribution in [2.75, 3.05) is 39.6 Å². The van der Waals surface area contributed by atoms with E-state index in [1.807, 2.05) is 0 Å². The van der Waals surface area contributed by atoms with Crippen LogP contribution >= 0.6 is 15.6 Å². The summed E-state index contributed by atoms with van der Waals surface area (Å²) in [5, 5.41) is 10.6. The van der Waals surface area contributed by atoms with Crippen LogP contribution in [0.15, 0.2) is 0 Å². The molecule has 0 saturated heterocycles. The standard InChI is InChI=1S/C75H146O17P2/c1-6-9-12-15-18-21-23-24-25-26-27-28-29-32-36-41-46-51-56-61-75(80)92-71(65-86-73(78)59-54-49-44-40-35-33-30-31-34-38-42-47-52-57-68(4)5)67-90-94(83,84)88-63-69(76)62-87-93(81,82)89-66-70(64-85-72(77)58-53-48-43-37-20-17-14-11-8-3)91-74(79)60-55-50-45-39-22-19-16-13-10-7-2/h68-71,76H,6-67H2,1-5H3,(H,81,82)(H,83,84)/t69-,70+,71+/m0/s1. The average Bonchev–Trinajstić information content (AvgIpc) is 1.28. The molecular weight excluding hydrogens is 1230 g/mol. The highest BCUT2D eigenvalue weighted by atomic mass is 31.2. The van der Waals surface area contributed by atoms with Crippen molar-refractivity contribution in [1.82, 2.24) is 0 Å². The van der Waals surface area contributed by atoms with Crippen LogP contribution < -0.4 is 0 Å². The molecule has 558 valence electrons. The maximum Gasteiger partial charge on any atom is 0.472 e. The van der Waals surface area contributed by atoms with Gasteiger partial charge in [-0.25, -0.2) is 9.13 Å². The van der Waals surface area contributed by atoms with Gasteiger partial charge in [0.1, 0.15) is 19.3 Å². The van der Waals surface area contributed by atoms with E-state index in [0.29, 0.717) is 25.7 Å². The average molecular weight is 1380 g/mol. The summed E-state index contributed by atoms with van der Waals surface area (Å²) in [7, 11) is -9.90. The first-order valence-electron chi connectivity index (χ1n) is 39.1. The quantitative estimate of drug-likeness (QED) is 0.0222. The number of aliphatic hydroxyl groups excluding tert-OH is 1. The van der Waals surface area contributed by atoms with E-state index in [9.17, 15) is 43.2 Å². The second-order valence-corrected chi connectivity index (χ2v) is 30.4. The smallest absolute Gasteiger partial charge is 0.462 e. The third kappa shape index (κ3) is 68.6. The fraction of sp³-hybridized carbons (Fsp3) is 0.947. The van der Waals surface area contributed by atoms with Crippen molar-refractivity contribution >= 4 is 39.5 Å². The van der Waals surface area contributed by atoms with E-state index in [-0.39, 0.29) is 25.7 Å². The number of aliphatic hydroxyl groups is 1. The minimum absolute atomic E-state index is 0.107. The van der Waals surface area contributed by atoms with Gasteiger partial charge in [0.05, 0.1) is 26.4 Å². The van der Waals surface area contributed by atoms with Crippen molar-refractivity contribution in [1.29, 1.82) is 0 Å². The molecule has 0 bridgehead atoms. The van der Waals surface area contributed by atoms with Gasteiger partial charge in [0.2, 0.25) is 0 Å². The molecule has 2 unspecified atom stereocenters. The molecule has 0 aromatic carbocycles. The number of esters is 4. The van der Waals surface area contributed by atoms with Crippen molar-refractivity contribution in [3.8, 4) is 0 Å². The minimum atomic E-state index is -4.96. The fourth-order valence-electron chi connectivity index (χ4n) is 11.5. The Bertz CT molecular complexity index is 1810. The fourth-order valence-corrected chi connectivity index (χ4v) is 13.1. The van der Waals surface area contributed by atoms with Gasteiger partial charge < -0.3 is 33.8 Å². The first kappa shape index (κ1) is 92.1.